The van der Waals surface area contributed by atoms with E-state index >= 15 is 0 Å². The van der Waals surface area contributed by atoms with E-state index in [0.717, 1.165) is 5.69 Å². The van der Waals surface area contributed by atoms with Gasteiger partial charge in [-0.2, -0.15) is 0 Å². The molecule has 4 rings (SSSR count). The van der Waals surface area contributed by atoms with E-state index < -0.39 is 0 Å². The van der Waals surface area contributed by atoms with Crippen LogP contribution in [0.25, 0.3) is 5.69 Å². The minimum absolute atomic E-state index is 0.165. The Hall–Kier alpha value is -2.58. The molecule has 31 heavy (non-hydrogen) atoms. The lowest BCUT2D eigenvalue weighted by atomic mass is 9.90. The van der Waals surface area contributed by atoms with Crippen LogP contribution in [0.3, 0.4) is 0 Å². The zero-order chi connectivity index (χ0) is 21.5. The van der Waals surface area contributed by atoms with E-state index in [1.165, 1.54) is 43.9 Å². The molecule has 7 nitrogen and oxygen atoms in total. The number of carbonyl (C=O) groups is 1. The molecule has 1 aliphatic rings. The molecule has 9 heteroatoms. The van der Waals surface area contributed by atoms with Gasteiger partial charge in [-0.05, 0) is 49.1 Å². The van der Waals surface area contributed by atoms with Crippen LogP contribution in [0.1, 0.15) is 32.1 Å². The van der Waals surface area contributed by atoms with Gasteiger partial charge in [-0.25, -0.2) is 4.98 Å². The summed E-state index contributed by atoms with van der Waals surface area (Å²) in [6, 6.07) is 11.0. The van der Waals surface area contributed by atoms with Gasteiger partial charge in [0, 0.05) is 11.2 Å². The normalized spacial score (nSPS) is 14.4. The number of hydrogen-bond acceptors (Lipinski definition) is 6. The first-order valence-electron chi connectivity index (χ1n) is 10.4. The average Bonchev–Trinajstić information content (AvgIpc) is 3.27. The van der Waals surface area contributed by atoms with E-state index in [1.807, 2.05) is 30.3 Å². The van der Waals surface area contributed by atoms with E-state index in [9.17, 15) is 4.79 Å². The van der Waals surface area contributed by atoms with E-state index in [2.05, 4.69) is 20.5 Å². The molecule has 0 radical (unpaired) electrons. The molecule has 2 aromatic heterocycles. The lowest BCUT2D eigenvalue weighted by molar-refractivity contribution is -0.113. The second-order valence-corrected chi connectivity index (χ2v) is 8.84. The van der Waals surface area contributed by atoms with Crippen LogP contribution in [-0.4, -0.2) is 38.0 Å². The summed E-state index contributed by atoms with van der Waals surface area (Å²) in [6.07, 6.45) is 9.49. The highest BCUT2D eigenvalue weighted by molar-refractivity contribution is 7.99. The number of pyridine rings is 1. The van der Waals surface area contributed by atoms with Crippen LogP contribution in [0.4, 0.5) is 5.82 Å². The van der Waals surface area contributed by atoms with Gasteiger partial charge < -0.3 is 10.1 Å². The van der Waals surface area contributed by atoms with Gasteiger partial charge in [-0.3, -0.25) is 9.36 Å². The summed E-state index contributed by atoms with van der Waals surface area (Å²) in [5.74, 6) is 1.60. The first-order chi connectivity index (χ1) is 15.2. The molecule has 1 aliphatic carbocycles. The van der Waals surface area contributed by atoms with Crippen LogP contribution in [0.2, 0.25) is 5.02 Å². The Labute approximate surface area is 190 Å². The number of hydrogen-bond donors (Lipinski definition) is 1. The molecule has 0 spiro atoms. The smallest absolute Gasteiger partial charge is 0.236 e. The van der Waals surface area contributed by atoms with E-state index in [0.29, 0.717) is 34.3 Å². The number of rotatable bonds is 8. The Morgan fingerprint density at radius 1 is 1.23 bits per heavy atom. The summed E-state index contributed by atoms with van der Waals surface area (Å²) in [5.41, 5.74) is 0.837. The number of thioether (sulfide) groups is 1. The standard InChI is InChI=1S/C22H24ClN5O2S/c23-17-8-4-9-18(12-17)28-15-25-27-22(28)31-14-20(29)26-21-19(10-5-11-24-21)30-13-16-6-2-1-3-7-16/h4-5,8-12,15-16H,1-3,6-7,13-14H2,(H,24,26,29). The van der Waals surface area contributed by atoms with Crippen LogP contribution < -0.4 is 10.1 Å². The minimum Gasteiger partial charge on any atom is -0.489 e. The molecule has 2 heterocycles. The third-order valence-corrected chi connectivity index (χ3v) is 6.34. The van der Waals surface area contributed by atoms with Crippen molar-refractivity contribution in [3.63, 3.8) is 0 Å². The van der Waals surface area contributed by atoms with Crippen molar-refractivity contribution in [2.75, 3.05) is 17.7 Å². The number of amides is 1. The van der Waals surface area contributed by atoms with Gasteiger partial charge >= 0.3 is 0 Å². The Bertz CT molecular complexity index is 1020. The van der Waals surface area contributed by atoms with Gasteiger partial charge in [0.1, 0.15) is 6.33 Å². The summed E-state index contributed by atoms with van der Waals surface area (Å²) in [7, 11) is 0. The third kappa shape index (κ3) is 5.98. The molecule has 3 aromatic rings. The summed E-state index contributed by atoms with van der Waals surface area (Å²) in [4.78, 5) is 16.8. The second kappa shape index (κ2) is 10.6. The maximum atomic E-state index is 12.6. The third-order valence-electron chi connectivity index (χ3n) is 5.16. The Morgan fingerprint density at radius 2 is 2.10 bits per heavy atom. The van der Waals surface area contributed by atoms with Crippen molar-refractivity contribution in [3.05, 3.63) is 53.9 Å². The number of anilines is 1. The van der Waals surface area contributed by atoms with Crippen molar-refractivity contribution in [1.82, 2.24) is 19.7 Å². The summed E-state index contributed by atoms with van der Waals surface area (Å²) >= 11 is 7.37. The molecule has 162 valence electrons. The molecule has 1 N–H and O–H groups in total. The highest BCUT2D eigenvalue weighted by Crippen LogP contribution is 2.27. The van der Waals surface area contributed by atoms with E-state index in [1.54, 1.807) is 23.2 Å². The lowest BCUT2D eigenvalue weighted by Crippen LogP contribution is -2.18. The molecule has 0 saturated heterocycles. The fourth-order valence-electron chi connectivity index (χ4n) is 3.59. The molecular weight excluding hydrogens is 434 g/mol. The Morgan fingerprint density at radius 3 is 2.94 bits per heavy atom. The van der Waals surface area contributed by atoms with Gasteiger partial charge in [0.05, 0.1) is 18.0 Å². The van der Waals surface area contributed by atoms with E-state index in [-0.39, 0.29) is 11.7 Å². The van der Waals surface area contributed by atoms with Crippen molar-refractivity contribution < 1.29 is 9.53 Å². The van der Waals surface area contributed by atoms with E-state index in [4.69, 9.17) is 16.3 Å². The minimum atomic E-state index is -0.188. The summed E-state index contributed by atoms with van der Waals surface area (Å²) in [6.45, 7) is 0.659. The van der Waals surface area contributed by atoms with Gasteiger partial charge in [0.2, 0.25) is 5.91 Å². The number of ether oxygens (including phenoxy) is 1. The number of halogens is 1. The van der Waals surface area contributed by atoms with Crippen LogP contribution in [0, 0.1) is 5.92 Å². The first kappa shape index (κ1) is 21.6. The number of nitrogens with one attached hydrogen (secondary N) is 1. The lowest BCUT2D eigenvalue weighted by Gasteiger charge is -2.22. The first-order valence-corrected chi connectivity index (χ1v) is 11.7. The predicted octanol–water partition coefficient (Wildman–Crippen LogP) is 5.01. The zero-order valence-electron chi connectivity index (χ0n) is 17.0. The molecular formula is C22H24ClN5O2S. The molecule has 1 aromatic carbocycles. The average molecular weight is 458 g/mol. The second-order valence-electron chi connectivity index (χ2n) is 7.47. The SMILES string of the molecule is O=C(CSc1nncn1-c1cccc(Cl)c1)Nc1ncccc1OCC1CCCCC1. The monoisotopic (exact) mass is 457 g/mol. The van der Waals surface area contributed by atoms with Gasteiger partial charge in [-0.15, -0.1) is 10.2 Å². The molecule has 0 bridgehead atoms. The van der Waals surface area contributed by atoms with Crippen molar-refractivity contribution in [1.29, 1.82) is 0 Å². The fourth-order valence-corrected chi connectivity index (χ4v) is 4.50. The molecule has 0 aliphatic heterocycles. The maximum absolute atomic E-state index is 12.6. The number of aromatic nitrogens is 4. The number of carbonyl (C=O) groups excluding carboxylic acids is 1. The largest absolute Gasteiger partial charge is 0.489 e. The van der Waals surface area contributed by atoms with Gasteiger partial charge in [0.25, 0.3) is 0 Å². The molecule has 0 unspecified atom stereocenters. The number of nitrogens with zero attached hydrogens (tertiary/aromatic N) is 4. The quantitative estimate of drug-likeness (QED) is 0.479. The Kier molecular flexibility index (Phi) is 7.43. The van der Waals surface area contributed by atoms with Crippen molar-refractivity contribution in [2.45, 2.75) is 37.3 Å². The van der Waals surface area contributed by atoms with Crippen molar-refractivity contribution in [2.24, 2.45) is 5.92 Å². The van der Waals surface area contributed by atoms with Crippen LogP contribution in [0.5, 0.6) is 5.75 Å². The van der Waals surface area contributed by atoms with Gasteiger partial charge in [-0.1, -0.05) is 48.7 Å². The maximum Gasteiger partial charge on any atom is 0.236 e. The summed E-state index contributed by atoms with van der Waals surface area (Å²) in [5, 5.41) is 12.2. The highest BCUT2D eigenvalue weighted by atomic mass is 35.5. The highest BCUT2D eigenvalue weighted by Gasteiger charge is 2.16. The summed E-state index contributed by atoms with van der Waals surface area (Å²) < 4.78 is 7.79. The molecule has 1 saturated carbocycles. The molecule has 1 fully saturated rings. The van der Waals surface area contributed by atoms with Crippen LogP contribution >= 0.6 is 23.4 Å². The Balaban J connectivity index is 1.34. The predicted molar refractivity (Wildman–Crippen MR) is 122 cm³/mol. The fraction of sp³-hybridized carbons (Fsp3) is 0.364. The van der Waals surface area contributed by atoms with Crippen LogP contribution in [0.15, 0.2) is 54.1 Å². The molecule has 1 amide bonds. The zero-order valence-corrected chi connectivity index (χ0v) is 18.6. The number of benzene rings is 1. The topological polar surface area (TPSA) is 81.9 Å². The van der Waals surface area contributed by atoms with Crippen LogP contribution in [-0.2, 0) is 4.79 Å². The van der Waals surface area contributed by atoms with Crippen molar-refractivity contribution >= 4 is 35.1 Å². The van der Waals surface area contributed by atoms with Crippen molar-refractivity contribution in [3.8, 4) is 11.4 Å². The molecule has 0 atom stereocenters. The van der Waals surface area contributed by atoms with Gasteiger partial charge in [0.15, 0.2) is 16.7 Å².